The molecule has 3 aromatic rings. The summed E-state index contributed by atoms with van der Waals surface area (Å²) < 4.78 is 11.8. The third-order valence-electron chi connectivity index (χ3n) is 4.22. The molecule has 0 spiro atoms. The number of hydrogen-bond acceptors (Lipinski definition) is 4. The van der Waals surface area contributed by atoms with Gasteiger partial charge in [0, 0.05) is 15.6 Å². The standard InChI is InChI=1S/C23H21BrN2O3/c1-16-3-5-17(6-4-16)15-29-20-9-7-18(8-10-20)23(27)26-25-14-19-13-21(28-2)11-12-22(19)24/h3-14H,15H2,1-2H3,(H,26,27)/b25-14-. The van der Waals surface area contributed by atoms with Gasteiger partial charge in [-0.2, -0.15) is 5.10 Å². The molecule has 0 atom stereocenters. The van der Waals surface area contributed by atoms with Gasteiger partial charge in [0.15, 0.2) is 0 Å². The highest BCUT2D eigenvalue weighted by molar-refractivity contribution is 9.10. The zero-order valence-corrected chi connectivity index (χ0v) is 17.8. The van der Waals surface area contributed by atoms with E-state index in [9.17, 15) is 4.79 Å². The molecule has 1 amide bonds. The normalized spacial score (nSPS) is 10.7. The molecule has 0 heterocycles. The molecule has 0 saturated heterocycles. The third-order valence-corrected chi connectivity index (χ3v) is 4.94. The molecule has 0 fully saturated rings. The van der Waals surface area contributed by atoms with Crippen molar-refractivity contribution in [3.05, 3.63) is 93.5 Å². The van der Waals surface area contributed by atoms with E-state index in [0.29, 0.717) is 23.7 Å². The molecular formula is C23H21BrN2O3. The molecule has 3 aromatic carbocycles. The van der Waals surface area contributed by atoms with Gasteiger partial charge in [-0.1, -0.05) is 45.8 Å². The number of carbonyl (C=O) groups is 1. The minimum atomic E-state index is -0.301. The van der Waals surface area contributed by atoms with Crippen molar-refractivity contribution in [3.8, 4) is 11.5 Å². The van der Waals surface area contributed by atoms with E-state index in [2.05, 4.69) is 38.6 Å². The van der Waals surface area contributed by atoms with Gasteiger partial charge in [0.2, 0.25) is 0 Å². The van der Waals surface area contributed by atoms with Crippen LogP contribution in [0.1, 0.15) is 27.0 Å². The number of aryl methyl sites for hydroxylation is 1. The number of nitrogens with zero attached hydrogens (tertiary/aromatic N) is 1. The van der Waals surface area contributed by atoms with E-state index < -0.39 is 0 Å². The van der Waals surface area contributed by atoms with Gasteiger partial charge in [0.25, 0.3) is 5.91 Å². The molecule has 0 radical (unpaired) electrons. The summed E-state index contributed by atoms with van der Waals surface area (Å²) >= 11 is 3.44. The summed E-state index contributed by atoms with van der Waals surface area (Å²) in [5, 5.41) is 4.02. The Morgan fingerprint density at radius 1 is 1.03 bits per heavy atom. The summed E-state index contributed by atoms with van der Waals surface area (Å²) in [5.41, 5.74) is 6.12. The minimum absolute atomic E-state index is 0.301. The minimum Gasteiger partial charge on any atom is -0.497 e. The summed E-state index contributed by atoms with van der Waals surface area (Å²) in [6.45, 7) is 2.53. The van der Waals surface area contributed by atoms with Gasteiger partial charge in [-0.05, 0) is 55.0 Å². The lowest BCUT2D eigenvalue weighted by molar-refractivity contribution is 0.0955. The Bertz CT molecular complexity index is 1000. The topological polar surface area (TPSA) is 59.9 Å². The molecule has 0 unspecified atom stereocenters. The molecule has 148 valence electrons. The summed E-state index contributed by atoms with van der Waals surface area (Å²) in [6.07, 6.45) is 1.56. The van der Waals surface area contributed by atoms with Gasteiger partial charge in [0.1, 0.15) is 18.1 Å². The van der Waals surface area contributed by atoms with Gasteiger partial charge < -0.3 is 9.47 Å². The van der Waals surface area contributed by atoms with E-state index >= 15 is 0 Å². The Balaban J connectivity index is 1.55. The van der Waals surface area contributed by atoms with Crippen LogP contribution in [0.25, 0.3) is 0 Å². The van der Waals surface area contributed by atoms with Crippen LogP contribution in [0.4, 0.5) is 0 Å². The fraction of sp³-hybridized carbons (Fsp3) is 0.130. The Kier molecular flexibility index (Phi) is 7.03. The van der Waals surface area contributed by atoms with E-state index in [-0.39, 0.29) is 5.91 Å². The van der Waals surface area contributed by atoms with Crippen LogP contribution >= 0.6 is 15.9 Å². The number of halogens is 1. The van der Waals surface area contributed by atoms with Crippen LogP contribution in [0.2, 0.25) is 0 Å². The van der Waals surface area contributed by atoms with Crippen LogP contribution in [-0.4, -0.2) is 19.2 Å². The van der Waals surface area contributed by atoms with Crippen molar-refractivity contribution in [2.24, 2.45) is 5.10 Å². The zero-order valence-electron chi connectivity index (χ0n) is 16.2. The number of hydrazone groups is 1. The molecule has 6 heteroatoms. The molecule has 0 aliphatic heterocycles. The number of nitrogens with one attached hydrogen (secondary N) is 1. The second-order valence-corrected chi connectivity index (χ2v) is 7.24. The fourth-order valence-electron chi connectivity index (χ4n) is 2.53. The first-order valence-electron chi connectivity index (χ1n) is 9.00. The Morgan fingerprint density at radius 2 is 1.72 bits per heavy atom. The smallest absolute Gasteiger partial charge is 0.271 e. The predicted octanol–water partition coefficient (Wildman–Crippen LogP) is 5.11. The van der Waals surface area contributed by atoms with Crippen LogP contribution in [0.3, 0.4) is 0 Å². The maximum atomic E-state index is 12.3. The highest BCUT2D eigenvalue weighted by Crippen LogP contribution is 2.21. The number of hydrogen-bond donors (Lipinski definition) is 1. The Labute approximate surface area is 178 Å². The van der Waals surface area contributed by atoms with E-state index in [1.807, 2.05) is 37.3 Å². The molecule has 3 rings (SSSR count). The van der Waals surface area contributed by atoms with Crippen molar-refractivity contribution < 1.29 is 14.3 Å². The number of amides is 1. The van der Waals surface area contributed by atoms with Crippen LogP contribution in [0, 0.1) is 6.92 Å². The maximum absolute atomic E-state index is 12.3. The first-order valence-corrected chi connectivity index (χ1v) is 9.80. The van der Waals surface area contributed by atoms with Crippen LogP contribution < -0.4 is 14.9 Å². The van der Waals surface area contributed by atoms with Gasteiger partial charge in [-0.25, -0.2) is 5.43 Å². The number of ether oxygens (including phenoxy) is 2. The Hall–Kier alpha value is -3.12. The monoisotopic (exact) mass is 452 g/mol. The van der Waals surface area contributed by atoms with Crippen LogP contribution in [0.15, 0.2) is 76.3 Å². The lowest BCUT2D eigenvalue weighted by Crippen LogP contribution is -2.17. The van der Waals surface area contributed by atoms with Crippen LogP contribution in [0.5, 0.6) is 11.5 Å². The van der Waals surface area contributed by atoms with Gasteiger partial charge in [0.05, 0.1) is 13.3 Å². The van der Waals surface area contributed by atoms with Crippen molar-refractivity contribution in [2.75, 3.05) is 7.11 Å². The Morgan fingerprint density at radius 3 is 2.41 bits per heavy atom. The molecule has 0 saturated carbocycles. The number of methoxy groups -OCH3 is 1. The largest absolute Gasteiger partial charge is 0.497 e. The lowest BCUT2D eigenvalue weighted by Gasteiger charge is -2.07. The number of carbonyl (C=O) groups excluding carboxylic acids is 1. The van der Waals surface area contributed by atoms with Crippen molar-refractivity contribution in [3.63, 3.8) is 0 Å². The van der Waals surface area contributed by atoms with Gasteiger partial charge in [-0.15, -0.1) is 0 Å². The van der Waals surface area contributed by atoms with E-state index in [1.54, 1.807) is 37.6 Å². The lowest BCUT2D eigenvalue weighted by atomic mass is 10.2. The number of rotatable bonds is 7. The summed E-state index contributed by atoms with van der Waals surface area (Å²) in [5.74, 6) is 1.11. The zero-order chi connectivity index (χ0) is 20.6. The summed E-state index contributed by atoms with van der Waals surface area (Å²) in [4.78, 5) is 12.3. The van der Waals surface area contributed by atoms with Crippen LogP contribution in [-0.2, 0) is 6.61 Å². The first-order chi connectivity index (χ1) is 14.0. The molecule has 0 aliphatic rings. The van der Waals surface area contributed by atoms with Crippen molar-refractivity contribution in [1.82, 2.24) is 5.43 Å². The maximum Gasteiger partial charge on any atom is 0.271 e. The molecule has 5 nitrogen and oxygen atoms in total. The molecular weight excluding hydrogens is 432 g/mol. The predicted molar refractivity (Wildman–Crippen MR) is 118 cm³/mol. The van der Waals surface area contributed by atoms with E-state index in [1.165, 1.54) is 5.56 Å². The van der Waals surface area contributed by atoms with Crippen molar-refractivity contribution >= 4 is 28.1 Å². The highest BCUT2D eigenvalue weighted by Gasteiger charge is 2.05. The SMILES string of the molecule is COc1ccc(Br)c(/C=N\NC(=O)c2ccc(OCc3ccc(C)cc3)cc2)c1. The quantitative estimate of drug-likeness (QED) is 0.400. The average Bonchev–Trinajstić information content (AvgIpc) is 2.75. The van der Waals surface area contributed by atoms with Gasteiger partial charge >= 0.3 is 0 Å². The fourth-order valence-corrected chi connectivity index (χ4v) is 2.88. The molecule has 0 bridgehead atoms. The first kappa shape index (κ1) is 20.6. The van der Waals surface area contributed by atoms with Crippen molar-refractivity contribution in [2.45, 2.75) is 13.5 Å². The van der Waals surface area contributed by atoms with E-state index in [4.69, 9.17) is 9.47 Å². The second-order valence-electron chi connectivity index (χ2n) is 6.39. The average molecular weight is 453 g/mol. The second kappa shape index (κ2) is 9.89. The highest BCUT2D eigenvalue weighted by atomic mass is 79.9. The van der Waals surface area contributed by atoms with E-state index in [0.717, 1.165) is 15.6 Å². The number of benzene rings is 3. The summed E-state index contributed by atoms with van der Waals surface area (Å²) in [7, 11) is 1.60. The van der Waals surface area contributed by atoms with Crippen molar-refractivity contribution in [1.29, 1.82) is 0 Å². The molecule has 1 N–H and O–H groups in total. The molecule has 0 aromatic heterocycles. The third kappa shape index (κ3) is 5.93. The molecule has 29 heavy (non-hydrogen) atoms. The molecule has 0 aliphatic carbocycles. The summed E-state index contributed by atoms with van der Waals surface area (Å²) in [6, 6.07) is 20.6. The van der Waals surface area contributed by atoms with Gasteiger partial charge in [-0.3, -0.25) is 4.79 Å².